The van der Waals surface area contributed by atoms with Gasteiger partial charge < -0.3 is 9.64 Å². The molecule has 4 nitrogen and oxygen atoms in total. The van der Waals surface area contributed by atoms with Gasteiger partial charge in [-0.25, -0.2) is 5.53 Å². The molecule has 1 heterocycles. The van der Waals surface area contributed by atoms with E-state index in [0.717, 1.165) is 12.5 Å². The van der Waals surface area contributed by atoms with Crippen molar-refractivity contribution in [1.82, 2.24) is 4.90 Å². The minimum atomic E-state index is 0.507. The molecule has 0 spiro atoms. The third kappa shape index (κ3) is 4.33. The number of ether oxygens (including phenoxy) is 1. The monoisotopic (exact) mass is 185 g/mol. The Morgan fingerprint density at radius 3 is 2.77 bits per heavy atom. The third-order valence-electron chi connectivity index (χ3n) is 2.54. The highest BCUT2D eigenvalue weighted by atomic mass is 16.5. The summed E-state index contributed by atoms with van der Waals surface area (Å²) in [4.78, 5) is 2.36. The Morgan fingerprint density at radius 1 is 1.46 bits per heavy atom. The third-order valence-corrected chi connectivity index (χ3v) is 2.54. The average molecular weight is 185 g/mol. The van der Waals surface area contributed by atoms with Crippen molar-refractivity contribution in [1.29, 1.82) is 5.53 Å². The van der Waals surface area contributed by atoms with Crippen molar-refractivity contribution >= 4 is 0 Å². The highest BCUT2D eigenvalue weighted by Crippen LogP contribution is 2.15. The Bertz CT molecular complexity index is 144. The number of nitrogens with zero attached hydrogens (tertiary/aromatic N) is 2. The van der Waals surface area contributed by atoms with Gasteiger partial charge in [0.05, 0.1) is 13.2 Å². The van der Waals surface area contributed by atoms with E-state index in [0.29, 0.717) is 13.2 Å². The summed E-state index contributed by atoms with van der Waals surface area (Å²) in [7, 11) is 2.16. The van der Waals surface area contributed by atoms with Gasteiger partial charge in [-0.15, -0.1) is 0 Å². The van der Waals surface area contributed by atoms with Gasteiger partial charge >= 0.3 is 0 Å². The zero-order chi connectivity index (χ0) is 9.52. The van der Waals surface area contributed by atoms with Gasteiger partial charge in [0.1, 0.15) is 0 Å². The van der Waals surface area contributed by atoms with E-state index in [1.165, 1.54) is 25.9 Å². The summed E-state index contributed by atoms with van der Waals surface area (Å²) in [6.45, 7) is 4.35. The van der Waals surface area contributed by atoms with E-state index in [1.54, 1.807) is 0 Å². The number of likely N-dealkylation sites (tertiary alicyclic amines) is 1. The summed E-state index contributed by atoms with van der Waals surface area (Å²) in [5.74, 6) is 0.724. The minimum Gasteiger partial charge on any atom is -0.379 e. The first kappa shape index (κ1) is 10.6. The summed E-state index contributed by atoms with van der Waals surface area (Å²) < 4.78 is 5.42. The number of rotatable bonds is 5. The molecule has 0 aromatic carbocycles. The average Bonchev–Trinajstić information content (AvgIpc) is 2.15. The smallest absolute Gasteiger partial charge is 0.0830 e. The molecule has 0 bridgehead atoms. The van der Waals surface area contributed by atoms with Crippen molar-refractivity contribution in [2.45, 2.75) is 12.8 Å². The van der Waals surface area contributed by atoms with E-state index in [4.69, 9.17) is 10.3 Å². The van der Waals surface area contributed by atoms with Gasteiger partial charge in [0.25, 0.3) is 0 Å². The molecule has 0 saturated carbocycles. The number of hydrogen-bond acceptors (Lipinski definition) is 4. The first-order valence-electron chi connectivity index (χ1n) is 4.92. The maximum absolute atomic E-state index is 6.59. The molecule has 0 amide bonds. The highest BCUT2D eigenvalue weighted by molar-refractivity contribution is 4.69. The van der Waals surface area contributed by atoms with Crippen LogP contribution in [0.15, 0.2) is 5.11 Å². The molecule has 4 heteroatoms. The zero-order valence-corrected chi connectivity index (χ0v) is 8.33. The van der Waals surface area contributed by atoms with Crippen molar-refractivity contribution in [2.75, 3.05) is 39.9 Å². The fourth-order valence-corrected chi connectivity index (χ4v) is 1.59. The Hall–Kier alpha value is -0.480. The molecule has 76 valence electrons. The molecule has 0 radical (unpaired) electrons. The second-order valence-electron chi connectivity index (χ2n) is 3.70. The topological polar surface area (TPSA) is 48.7 Å². The van der Waals surface area contributed by atoms with Crippen molar-refractivity contribution in [3.63, 3.8) is 0 Å². The lowest BCUT2D eigenvalue weighted by Crippen LogP contribution is -2.32. The SMILES string of the molecule is CN1CCC(COCCN=N)CC1. The van der Waals surface area contributed by atoms with Crippen LogP contribution in [0, 0.1) is 11.4 Å². The van der Waals surface area contributed by atoms with Crippen LogP contribution in [-0.4, -0.2) is 44.8 Å². The summed E-state index contributed by atoms with van der Waals surface area (Å²) in [5.41, 5.74) is 6.59. The molecule has 1 saturated heterocycles. The molecule has 1 N–H and O–H groups in total. The van der Waals surface area contributed by atoms with E-state index >= 15 is 0 Å². The van der Waals surface area contributed by atoms with Gasteiger partial charge in [-0.2, -0.15) is 5.11 Å². The van der Waals surface area contributed by atoms with Crippen LogP contribution in [-0.2, 0) is 4.74 Å². The first-order chi connectivity index (χ1) is 6.33. The van der Waals surface area contributed by atoms with Crippen LogP contribution < -0.4 is 0 Å². The molecule has 0 atom stereocenters. The summed E-state index contributed by atoms with van der Waals surface area (Å²) in [5, 5.41) is 3.25. The van der Waals surface area contributed by atoms with Gasteiger partial charge in [-0.05, 0) is 38.9 Å². The largest absolute Gasteiger partial charge is 0.379 e. The van der Waals surface area contributed by atoms with E-state index in [9.17, 15) is 0 Å². The van der Waals surface area contributed by atoms with Crippen molar-refractivity contribution in [3.05, 3.63) is 0 Å². The predicted molar refractivity (Wildman–Crippen MR) is 51.1 cm³/mol. The standard InChI is InChI=1S/C9H19N3O/c1-12-5-2-9(3-6-12)8-13-7-4-11-10/h9-10H,2-8H2,1H3. The zero-order valence-electron chi connectivity index (χ0n) is 8.33. The van der Waals surface area contributed by atoms with E-state index in [1.807, 2.05) is 0 Å². The van der Waals surface area contributed by atoms with Crippen LogP contribution in [0.4, 0.5) is 0 Å². The Labute approximate surface area is 79.8 Å². The lowest BCUT2D eigenvalue weighted by molar-refractivity contribution is 0.0762. The maximum Gasteiger partial charge on any atom is 0.0830 e. The van der Waals surface area contributed by atoms with Crippen LogP contribution >= 0.6 is 0 Å². The van der Waals surface area contributed by atoms with Gasteiger partial charge in [-0.1, -0.05) is 0 Å². The molecule has 0 unspecified atom stereocenters. The molecule has 1 aliphatic rings. The number of nitrogens with one attached hydrogen (secondary N) is 1. The summed E-state index contributed by atoms with van der Waals surface area (Å²) in [6, 6.07) is 0. The van der Waals surface area contributed by atoms with Crippen LogP contribution in [0.2, 0.25) is 0 Å². The van der Waals surface area contributed by atoms with Crippen LogP contribution in [0.5, 0.6) is 0 Å². The lowest BCUT2D eigenvalue weighted by Gasteiger charge is -2.28. The normalized spacial score (nSPS) is 20.4. The van der Waals surface area contributed by atoms with Gasteiger partial charge in [0.2, 0.25) is 0 Å². The number of hydrogen-bond donors (Lipinski definition) is 1. The van der Waals surface area contributed by atoms with Crippen molar-refractivity contribution in [3.8, 4) is 0 Å². The molecule has 1 aliphatic heterocycles. The Kier molecular flexibility index (Phi) is 4.93. The fourth-order valence-electron chi connectivity index (χ4n) is 1.59. The first-order valence-corrected chi connectivity index (χ1v) is 4.92. The summed E-state index contributed by atoms with van der Waals surface area (Å²) in [6.07, 6.45) is 2.49. The number of piperidine rings is 1. The fraction of sp³-hybridized carbons (Fsp3) is 1.00. The second kappa shape index (κ2) is 6.05. The molecule has 13 heavy (non-hydrogen) atoms. The molecule has 0 aromatic rings. The molecule has 1 fully saturated rings. The van der Waals surface area contributed by atoms with E-state index < -0.39 is 0 Å². The van der Waals surface area contributed by atoms with Crippen molar-refractivity contribution < 1.29 is 4.74 Å². The highest BCUT2D eigenvalue weighted by Gasteiger charge is 2.16. The van der Waals surface area contributed by atoms with E-state index in [-0.39, 0.29) is 0 Å². The molecule has 0 aliphatic carbocycles. The predicted octanol–water partition coefficient (Wildman–Crippen LogP) is 1.38. The maximum atomic E-state index is 6.59. The van der Waals surface area contributed by atoms with Gasteiger partial charge in [0, 0.05) is 6.61 Å². The Balaban J connectivity index is 1.99. The molecule has 0 aromatic heterocycles. The summed E-state index contributed by atoms with van der Waals surface area (Å²) >= 11 is 0. The molecular weight excluding hydrogens is 166 g/mol. The van der Waals surface area contributed by atoms with Crippen LogP contribution in [0.3, 0.4) is 0 Å². The van der Waals surface area contributed by atoms with Crippen LogP contribution in [0.25, 0.3) is 0 Å². The minimum absolute atomic E-state index is 0.507. The van der Waals surface area contributed by atoms with E-state index in [2.05, 4.69) is 17.1 Å². The lowest BCUT2D eigenvalue weighted by atomic mass is 9.98. The quantitative estimate of drug-likeness (QED) is 0.519. The van der Waals surface area contributed by atoms with Gasteiger partial charge in [0.15, 0.2) is 0 Å². The van der Waals surface area contributed by atoms with Gasteiger partial charge in [-0.3, -0.25) is 0 Å². The molecular formula is C9H19N3O. The van der Waals surface area contributed by atoms with Crippen LogP contribution in [0.1, 0.15) is 12.8 Å². The molecule has 1 rings (SSSR count). The van der Waals surface area contributed by atoms with Crippen molar-refractivity contribution in [2.24, 2.45) is 11.0 Å². The Morgan fingerprint density at radius 2 is 2.15 bits per heavy atom. The second-order valence-corrected chi connectivity index (χ2v) is 3.70.